The highest BCUT2D eigenvalue weighted by atomic mass is 16.4. The minimum atomic E-state index is -0.970. The molecule has 1 aromatic rings. The van der Waals surface area contributed by atoms with Crippen LogP contribution in [0.1, 0.15) is 29.2 Å². The number of aliphatic hydroxyl groups is 1. The van der Waals surface area contributed by atoms with Crippen molar-refractivity contribution in [1.29, 1.82) is 5.26 Å². The summed E-state index contributed by atoms with van der Waals surface area (Å²) in [4.78, 5) is 10.6. The second-order valence-corrected chi connectivity index (χ2v) is 3.43. The molecule has 0 amide bonds. The molecule has 0 aliphatic carbocycles. The first-order valence-electron chi connectivity index (χ1n) is 5.00. The number of nitriles is 1. The fourth-order valence-electron chi connectivity index (χ4n) is 1.68. The Labute approximate surface area is 93.8 Å². The number of rotatable bonds is 4. The Bertz CT molecular complexity index is 446. The quantitative estimate of drug-likeness (QED) is 0.798. The van der Waals surface area contributed by atoms with Crippen molar-refractivity contribution in [2.24, 2.45) is 0 Å². The normalized spacial score (nSPS) is 9.81. The zero-order valence-corrected chi connectivity index (χ0v) is 9.03. The molecule has 0 bridgehead atoms. The van der Waals surface area contributed by atoms with Gasteiger partial charge in [-0.1, -0.05) is 19.1 Å². The molecule has 0 aliphatic rings. The van der Waals surface area contributed by atoms with Gasteiger partial charge in [0.05, 0.1) is 24.7 Å². The predicted molar refractivity (Wildman–Crippen MR) is 57.8 cm³/mol. The van der Waals surface area contributed by atoms with Gasteiger partial charge in [-0.2, -0.15) is 5.26 Å². The van der Waals surface area contributed by atoms with E-state index in [9.17, 15) is 9.90 Å². The smallest absolute Gasteiger partial charge is 0.307 e. The molecule has 1 rings (SSSR count). The second-order valence-electron chi connectivity index (χ2n) is 3.43. The van der Waals surface area contributed by atoms with Gasteiger partial charge in [-0.25, -0.2) is 0 Å². The number of hydrogen-bond acceptors (Lipinski definition) is 3. The summed E-state index contributed by atoms with van der Waals surface area (Å²) in [5.74, 6) is -0.970. The van der Waals surface area contributed by atoms with Crippen LogP contribution in [-0.2, 0) is 24.2 Å². The van der Waals surface area contributed by atoms with E-state index < -0.39 is 5.97 Å². The fourth-order valence-corrected chi connectivity index (χ4v) is 1.68. The van der Waals surface area contributed by atoms with Gasteiger partial charge in [0.1, 0.15) is 0 Å². The number of carboxylic acids is 1. The van der Waals surface area contributed by atoms with Crippen LogP contribution in [0.15, 0.2) is 12.1 Å². The Morgan fingerprint density at radius 1 is 1.44 bits per heavy atom. The number of aliphatic carboxylic acids is 1. The highest BCUT2D eigenvalue weighted by Gasteiger charge is 2.13. The van der Waals surface area contributed by atoms with Gasteiger partial charge >= 0.3 is 5.97 Å². The van der Waals surface area contributed by atoms with Crippen molar-refractivity contribution in [3.63, 3.8) is 0 Å². The SMILES string of the molecule is CCc1ccc(CC(=O)O)c(CO)c1C#N. The average Bonchev–Trinajstić information content (AvgIpc) is 2.27. The van der Waals surface area contributed by atoms with Crippen molar-refractivity contribution < 1.29 is 15.0 Å². The van der Waals surface area contributed by atoms with E-state index in [1.54, 1.807) is 12.1 Å². The minimum Gasteiger partial charge on any atom is -0.481 e. The molecule has 0 saturated carbocycles. The molecule has 0 unspecified atom stereocenters. The molecule has 1 aromatic carbocycles. The van der Waals surface area contributed by atoms with Crippen LogP contribution in [0, 0.1) is 11.3 Å². The zero-order valence-electron chi connectivity index (χ0n) is 9.03. The van der Waals surface area contributed by atoms with E-state index in [1.807, 2.05) is 13.0 Å². The van der Waals surface area contributed by atoms with E-state index in [1.165, 1.54) is 0 Å². The summed E-state index contributed by atoms with van der Waals surface area (Å²) < 4.78 is 0. The molecule has 0 aliphatic heterocycles. The Balaban J connectivity index is 3.32. The molecular formula is C12H13NO3. The lowest BCUT2D eigenvalue weighted by Gasteiger charge is -2.10. The lowest BCUT2D eigenvalue weighted by atomic mass is 9.94. The molecule has 0 aromatic heterocycles. The number of hydrogen-bond donors (Lipinski definition) is 2. The van der Waals surface area contributed by atoms with Gasteiger partial charge in [-0.15, -0.1) is 0 Å². The van der Waals surface area contributed by atoms with Crippen LogP contribution in [0.25, 0.3) is 0 Å². The molecule has 0 heterocycles. The van der Waals surface area contributed by atoms with E-state index in [4.69, 9.17) is 10.4 Å². The third kappa shape index (κ3) is 2.38. The van der Waals surface area contributed by atoms with Gasteiger partial charge in [0, 0.05) is 0 Å². The molecule has 0 fully saturated rings. The van der Waals surface area contributed by atoms with Gasteiger partial charge in [-0.05, 0) is 23.1 Å². The molecule has 0 saturated heterocycles. The molecule has 0 atom stereocenters. The van der Waals surface area contributed by atoms with Crippen LogP contribution in [0.5, 0.6) is 0 Å². The standard InChI is InChI=1S/C12H13NO3/c1-2-8-3-4-9(5-12(15)16)11(7-14)10(8)6-13/h3-4,14H,2,5,7H2,1H3,(H,15,16). The summed E-state index contributed by atoms with van der Waals surface area (Å²) >= 11 is 0. The van der Waals surface area contributed by atoms with Crippen LogP contribution in [0.3, 0.4) is 0 Å². The van der Waals surface area contributed by atoms with E-state index in [0.29, 0.717) is 23.1 Å². The van der Waals surface area contributed by atoms with E-state index in [-0.39, 0.29) is 13.0 Å². The lowest BCUT2D eigenvalue weighted by Crippen LogP contribution is -2.07. The molecule has 16 heavy (non-hydrogen) atoms. The first-order valence-corrected chi connectivity index (χ1v) is 5.00. The van der Waals surface area contributed by atoms with Crippen molar-refractivity contribution in [3.05, 3.63) is 34.4 Å². The molecule has 0 radical (unpaired) electrons. The summed E-state index contributed by atoms with van der Waals surface area (Å²) in [5.41, 5.74) is 2.18. The van der Waals surface area contributed by atoms with Gasteiger partial charge in [-0.3, -0.25) is 4.79 Å². The zero-order chi connectivity index (χ0) is 12.1. The fraction of sp³-hybridized carbons (Fsp3) is 0.333. The van der Waals surface area contributed by atoms with Crippen molar-refractivity contribution in [2.75, 3.05) is 0 Å². The third-order valence-electron chi connectivity index (χ3n) is 2.49. The summed E-state index contributed by atoms with van der Waals surface area (Å²) in [6.45, 7) is 1.60. The van der Waals surface area contributed by atoms with E-state index in [0.717, 1.165) is 5.56 Å². The van der Waals surface area contributed by atoms with Gasteiger partial charge in [0.15, 0.2) is 0 Å². The minimum absolute atomic E-state index is 0.172. The first kappa shape index (κ1) is 12.2. The monoisotopic (exact) mass is 219 g/mol. The lowest BCUT2D eigenvalue weighted by molar-refractivity contribution is -0.136. The van der Waals surface area contributed by atoms with Gasteiger partial charge < -0.3 is 10.2 Å². The maximum atomic E-state index is 10.6. The highest BCUT2D eigenvalue weighted by molar-refractivity contribution is 5.71. The van der Waals surface area contributed by atoms with Crippen molar-refractivity contribution in [1.82, 2.24) is 0 Å². The average molecular weight is 219 g/mol. The molecule has 4 nitrogen and oxygen atoms in total. The molecule has 0 spiro atoms. The van der Waals surface area contributed by atoms with Crippen LogP contribution < -0.4 is 0 Å². The highest BCUT2D eigenvalue weighted by Crippen LogP contribution is 2.20. The second kappa shape index (κ2) is 5.29. The Hall–Kier alpha value is -1.86. The van der Waals surface area contributed by atoms with Crippen LogP contribution in [0.4, 0.5) is 0 Å². The van der Waals surface area contributed by atoms with Crippen molar-refractivity contribution >= 4 is 5.97 Å². The Morgan fingerprint density at radius 3 is 2.50 bits per heavy atom. The predicted octanol–water partition coefficient (Wildman–Crippen LogP) is 1.24. The number of carboxylic acid groups (broad SMARTS) is 1. The van der Waals surface area contributed by atoms with Crippen LogP contribution in [-0.4, -0.2) is 16.2 Å². The number of aryl methyl sites for hydroxylation is 1. The van der Waals surface area contributed by atoms with E-state index >= 15 is 0 Å². The maximum absolute atomic E-state index is 10.6. The number of nitrogens with zero attached hydrogens (tertiary/aromatic N) is 1. The Kier molecular flexibility index (Phi) is 4.03. The summed E-state index contributed by atoms with van der Waals surface area (Å²) in [5, 5.41) is 26.9. The summed E-state index contributed by atoms with van der Waals surface area (Å²) in [7, 11) is 0. The first-order chi connectivity index (χ1) is 7.63. The van der Waals surface area contributed by atoms with Gasteiger partial charge in [0.25, 0.3) is 0 Å². The molecule has 2 N–H and O–H groups in total. The molecule has 4 heteroatoms. The van der Waals surface area contributed by atoms with E-state index in [2.05, 4.69) is 0 Å². The Morgan fingerprint density at radius 2 is 2.06 bits per heavy atom. The molecule has 84 valence electrons. The largest absolute Gasteiger partial charge is 0.481 e. The number of carbonyl (C=O) groups is 1. The van der Waals surface area contributed by atoms with Crippen LogP contribution >= 0.6 is 0 Å². The van der Waals surface area contributed by atoms with Gasteiger partial charge in [0.2, 0.25) is 0 Å². The summed E-state index contributed by atoms with van der Waals surface area (Å²) in [6.07, 6.45) is 0.512. The molecular weight excluding hydrogens is 206 g/mol. The number of benzene rings is 1. The van der Waals surface area contributed by atoms with Crippen molar-refractivity contribution in [3.8, 4) is 6.07 Å². The van der Waals surface area contributed by atoms with Crippen LogP contribution in [0.2, 0.25) is 0 Å². The summed E-state index contributed by atoms with van der Waals surface area (Å²) in [6, 6.07) is 5.44. The third-order valence-corrected chi connectivity index (χ3v) is 2.49. The number of aliphatic hydroxyl groups excluding tert-OH is 1. The van der Waals surface area contributed by atoms with Crippen molar-refractivity contribution in [2.45, 2.75) is 26.4 Å². The topological polar surface area (TPSA) is 81.3 Å². The maximum Gasteiger partial charge on any atom is 0.307 e.